The van der Waals surface area contributed by atoms with Gasteiger partial charge in [-0.1, -0.05) is 24.3 Å². The number of hydrogen-bond acceptors (Lipinski definition) is 2. The summed E-state index contributed by atoms with van der Waals surface area (Å²) in [4.78, 5) is 16.7. The number of benzene rings is 2. The first-order chi connectivity index (χ1) is 9.66. The van der Waals surface area contributed by atoms with Crippen molar-refractivity contribution in [2.45, 2.75) is 0 Å². The van der Waals surface area contributed by atoms with E-state index in [1.54, 1.807) is 6.07 Å². The second kappa shape index (κ2) is 5.09. The minimum absolute atomic E-state index is 0.184. The van der Waals surface area contributed by atoms with E-state index in [0.717, 1.165) is 15.5 Å². The molecule has 4 nitrogen and oxygen atoms in total. The molecule has 5 heteroatoms. The number of para-hydroxylation sites is 2. The van der Waals surface area contributed by atoms with Crippen molar-refractivity contribution in [1.82, 2.24) is 9.55 Å². The Labute approximate surface area is 124 Å². The third-order valence-electron chi connectivity index (χ3n) is 3.13. The number of hydrogen-bond donors (Lipinski definition) is 1. The van der Waals surface area contributed by atoms with E-state index in [1.165, 1.54) is 0 Å². The van der Waals surface area contributed by atoms with Crippen molar-refractivity contribution < 1.29 is 4.79 Å². The zero-order chi connectivity index (χ0) is 14.1. The highest BCUT2D eigenvalue weighted by atomic mass is 79.9. The van der Waals surface area contributed by atoms with Crippen molar-refractivity contribution in [2.75, 3.05) is 5.32 Å². The van der Waals surface area contributed by atoms with Crippen LogP contribution in [-0.2, 0) is 7.05 Å². The van der Waals surface area contributed by atoms with Crippen LogP contribution in [0.25, 0.3) is 11.0 Å². The number of halogens is 1. The molecule has 0 saturated heterocycles. The summed E-state index contributed by atoms with van der Waals surface area (Å²) in [5.74, 6) is 0.350. The van der Waals surface area contributed by atoms with Crippen molar-refractivity contribution in [3.63, 3.8) is 0 Å². The summed E-state index contributed by atoms with van der Waals surface area (Å²) in [6, 6.07) is 15.1. The van der Waals surface area contributed by atoms with Gasteiger partial charge in [-0.3, -0.25) is 10.1 Å². The maximum absolute atomic E-state index is 12.3. The van der Waals surface area contributed by atoms with Gasteiger partial charge in [-0.2, -0.15) is 0 Å². The van der Waals surface area contributed by atoms with Crippen LogP contribution in [0.3, 0.4) is 0 Å². The molecule has 0 radical (unpaired) electrons. The Kier molecular flexibility index (Phi) is 3.28. The minimum Gasteiger partial charge on any atom is -0.313 e. The molecular weight excluding hydrogens is 318 g/mol. The number of anilines is 1. The highest BCUT2D eigenvalue weighted by molar-refractivity contribution is 9.10. The van der Waals surface area contributed by atoms with Gasteiger partial charge in [-0.15, -0.1) is 0 Å². The molecule has 1 amide bonds. The van der Waals surface area contributed by atoms with Gasteiger partial charge in [0.1, 0.15) is 0 Å². The van der Waals surface area contributed by atoms with Gasteiger partial charge in [0.15, 0.2) is 0 Å². The van der Waals surface area contributed by atoms with Gasteiger partial charge in [0, 0.05) is 11.5 Å². The molecule has 3 rings (SSSR count). The van der Waals surface area contributed by atoms with Crippen LogP contribution in [0.1, 0.15) is 10.4 Å². The Morgan fingerprint density at radius 1 is 1.15 bits per heavy atom. The lowest BCUT2D eigenvalue weighted by Crippen LogP contribution is -2.15. The van der Waals surface area contributed by atoms with Crippen molar-refractivity contribution in [2.24, 2.45) is 7.05 Å². The number of carbonyl (C=O) groups is 1. The Hall–Kier alpha value is -2.14. The number of rotatable bonds is 2. The fourth-order valence-corrected chi connectivity index (χ4v) is 2.54. The second-order valence-electron chi connectivity index (χ2n) is 4.42. The highest BCUT2D eigenvalue weighted by Crippen LogP contribution is 2.20. The Morgan fingerprint density at radius 3 is 2.60 bits per heavy atom. The van der Waals surface area contributed by atoms with Crippen LogP contribution in [0.4, 0.5) is 5.95 Å². The number of carbonyl (C=O) groups excluding carboxylic acids is 1. The summed E-state index contributed by atoms with van der Waals surface area (Å²) in [6.07, 6.45) is 0. The topological polar surface area (TPSA) is 46.9 Å². The van der Waals surface area contributed by atoms with E-state index < -0.39 is 0 Å². The van der Waals surface area contributed by atoms with Gasteiger partial charge >= 0.3 is 0 Å². The molecule has 1 heterocycles. The van der Waals surface area contributed by atoms with Gasteiger partial charge in [0.25, 0.3) is 5.91 Å². The van der Waals surface area contributed by atoms with E-state index in [9.17, 15) is 4.79 Å². The molecule has 1 N–H and O–H groups in total. The zero-order valence-corrected chi connectivity index (χ0v) is 12.4. The summed E-state index contributed by atoms with van der Waals surface area (Å²) in [7, 11) is 1.88. The van der Waals surface area contributed by atoms with Gasteiger partial charge < -0.3 is 4.57 Å². The maximum Gasteiger partial charge on any atom is 0.259 e. The van der Waals surface area contributed by atoms with E-state index in [1.807, 2.05) is 54.1 Å². The zero-order valence-electron chi connectivity index (χ0n) is 10.8. The molecule has 100 valence electrons. The summed E-state index contributed by atoms with van der Waals surface area (Å²) >= 11 is 3.38. The maximum atomic E-state index is 12.3. The standard InChI is InChI=1S/C15H12BrN3O/c1-19-13-9-5-4-8-12(13)17-15(19)18-14(20)10-6-2-3-7-11(10)16/h2-9H,1H3,(H,17,18,20). The summed E-state index contributed by atoms with van der Waals surface area (Å²) in [5.41, 5.74) is 2.42. The molecule has 0 bridgehead atoms. The second-order valence-corrected chi connectivity index (χ2v) is 5.27. The van der Waals surface area contributed by atoms with Gasteiger partial charge in [-0.25, -0.2) is 4.98 Å². The lowest BCUT2D eigenvalue weighted by Gasteiger charge is -2.06. The van der Waals surface area contributed by atoms with Crippen molar-refractivity contribution >= 4 is 38.8 Å². The molecule has 0 aliphatic heterocycles. The third-order valence-corrected chi connectivity index (χ3v) is 3.82. The monoisotopic (exact) mass is 329 g/mol. The first-order valence-corrected chi connectivity index (χ1v) is 6.93. The lowest BCUT2D eigenvalue weighted by atomic mass is 10.2. The Balaban J connectivity index is 1.96. The molecule has 0 aliphatic carbocycles. The fourth-order valence-electron chi connectivity index (χ4n) is 2.07. The Morgan fingerprint density at radius 2 is 1.85 bits per heavy atom. The smallest absolute Gasteiger partial charge is 0.259 e. The summed E-state index contributed by atoms with van der Waals surface area (Å²) < 4.78 is 2.63. The van der Waals surface area contributed by atoms with E-state index >= 15 is 0 Å². The first-order valence-electron chi connectivity index (χ1n) is 6.14. The number of nitrogens with zero attached hydrogens (tertiary/aromatic N) is 2. The SMILES string of the molecule is Cn1c(NC(=O)c2ccccc2Br)nc2ccccc21. The summed E-state index contributed by atoms with van der Waals surface area (Å²) in [6.45, 7) is 0. The number of amides is 1. The molecule has 2 aromatic carbocycles. The minimum atomic E-state index is -0.184. The molecule has 3 aromatic rings. The van der Waals surface area contributed by atoms with Crippen LogP contribution in [-0.4, -0.2) is 15.5 Å². The molecule has 20 heavy (non-hydrogen) atoms. The van der Waals surface area contributed by atoms with Crippen LogP contribution in [0.5, 0.6) is 0 Å². The van der Waals surface area contributed by atoms with Gasteiger partial charge in [0.2, 0.25) is 5.95 Å². The highest BCUT2D eigenvalue weighted by Gasteiger charge is 2.13. The normalized spacial score (nSPS) is 10.7. The molecule has 0 fully saturated rings. The Bertz CT molecular complexity index is 795. The number of aromatic nitrogens is 2. The quantitative estimate of drug-likeness (QED) is 0.781. The molecule has 0 unspecified atom stereocenters. The van der Waals surface area contributed by atoms with Crippen LogP contribution in [0.2, 0.25) is 0 Å². The van der Waals surface area contributed by atoms with Crippen molar-refractivity contribution in [3.05, 3.63) is 58.6 Å². The van der Waals surface area contributed by atoms with Crippen LogP contribution >= 0.6 is 15.9 Å². The molecule has 1 aromatic heterocycles. The number of nitrogens with one attached hydrogen (secondary N) is 1. The van der Waals surface area contributed by atoms with E-state index in [4.69, 9.17) is 0 Å². The molecule has 0 aliphatic rings. The number of aryl methyl sites for hydroxylation is 1. The van der Waals surface area contributed by atoms with E-state index in [0.29, 0.717) is 11.5 Å². The van der Waals surface area contributed by atoms with Crippen LogP contribution in [0.15, 0.2) is 53.0 Å². The number of fused-ring (bicyclic) bond motifs is 1. The van der Waals surface area contributed by atoms with E-state index in [2.05, 4.69) is 26.2 Å². The average molecular weight is 330 g/mol. The third kappa shape index (κ3) is 2.20. The van der Waals surface area contributed by atoms with Crippen LogP contribution in [0, 0.1) is 0 Å². The average Bonchev–Trinajstić information content (AvgIpc) is 2.76. The van der Waals surface area contributed by atoms with E-state index in [-0.39, 0.29) is 5.91 Å². The van der Waals surface area contributed by atoms with Crippen LogP contribution < -0.4 is 5.32 Å². The predicted octanol–water partition coefficient (Wildman–Crippen LogP) is 3.59. The predicted molar refractivity (Wildman–Crippen MR) is 82.8 cm³/mol. The molecule has 0 spiro atoms. The largest absolute Gasteiger partial charge is 0.313 e. The molecular formula is C15H12BrN3O. The lowest BCUT2D eigenvalue weighted by molar-refractivity contribution is 0.102. The van der Waals surface area contributed by atoms with Gasteiger partial charge in [-0.05, 0) is 40.2 Å². The van der Waals surface area contributed by atoms with Gasteiger partial charge in [0.05, 0.1) is 16.6 Å². The summed E-state index contributed by atoms with van der Waals surface area (Å²) in [5, 5.41) is 2.84. The molecule has 0 atom stereocenters. The van der Waals surface area contributed by atoms with Crippen molar-refractivity contribution in [1.29, 1.82) is 0 Å². The molecule has 0 saturated carbocycles. The number of imidazole rings is 1. The first kappa shape index (κ1) is 12.9. The van der Waals surface area contributed by atoms with Crippen molar-refractivity contribution in [3.8, 4) is 0 Å². The fraction of sp³-hybridized carbons (Fsp3) is 0.0667.